The molecule has 0 bridgehead atoms. The fourth-order valence-electron chi connectivity index (χ4n) is 2.75. The molecule has 2 rings (SSSR count). The second kappa shape index (κ2) is 9.80. The molecule has 6 nitrogen and oxygen atoms in total. The Morgan fingerprint density at radius 1 is 1.25 bits per heavy atom. The van der Waals surface area contributed by atoms with E-state index >= 15 is 0 Å². The van der Waals surface area contributed by atoms with Gasteiger partial charge in [-0.2, -0.15) is 0 Å². The molecule has 1 fully saturated rings. The van der Waals surface area contributed by atoms with Crippen LogP contribution in [0.15, 0.2) is 30.3 Å². The van der Waals surface area contributed by atoms with E-state index in [2.05, 4.69) is 17.6 Å². The van der Waals surface area contributed by atoms with E-state index in [1.807, 2.05) is 30.3 Å². The van der Waals surface area contributed by atoms with Gasteiger partial charge in [0.15, 0.2) is 0 Å². The Balaban J connectivity index is 1.80. The number of likely N-dealkylation sites (tertiary alicyclic amines) is 1. The second-order valence-corrected chi connectivity index (χ2v) is 6.01. The first-order valence-corrected chi connectivity index (χ1v) is 8.74. The summed E-state index contributed by atoms with van der Waals surface area (Å²) < 4.78 is 5.31. The Morgan fingerprint density at radius 2 is 2.04 bits per heavy atom. The summed E-state index contributed by atoms with van der Waals surface area (Å²) in [5, 5.41) is 5.64. The number of nitrogens with zero attached hydrogens (tertiary/aromatic N) is 1. The SMILES string of the molecule is CCCCOC(=O)N1CCCCC1CNC(=O)Nc1ccccc1. The number of carbonyl (C=O) groups excluding carboxylic acids is 2. The summed E-state index contributed by atoms with van der Waals surface area (Å²) in [4.78, 5) is 25.9. The molecule has 0 aliphatic carbocycles. The number of hydrogen-bond donors (Lipinski definition) is 2. The van der Waals surface area contributed by atoms with Crippen LogP contribution in [0.3, 0.4) is 0 Å². The Morgan fingerprint density at radius 3 is 2.79 bits per heavy atom. The summed E-state index contributed by atoms with van der Waals surface area (Å²) in [5.74, 6) is 0. The topological polar surface area (TPSA) is 70.7 Å². The predicted octanol–water partition coefficient (Wildman–Crippen LogP) is 3.60. The Hall–Kier alpha value is -2.24. The van der Waals surface area contributed by atoms with Crippen molar-refractivity contribution in [2.24, 2.45) is 0 Å². The molecule has 1 unspecified atom stereocenters. The minimum Gasteiger partial charge on any atom is -0.449 e. The highest BCUT2D eigenvalue weighted by atomic mass is 16.6. The first-order valence-electron chi connectivity index (χ1n) is 8.74. The monoisotopic (exact) mass is 333 g/mol. The lowest BCUT2D eigenvalue weighted by atomic mass is 10.0. The molecule has 1 aliphatic heterocycles. The number of benzene rings is 1. The molecule has 0 aromatic heterocycles. The first-order chi connectivity index (χ1) is 11.7. The molecule has 2 N–H and O–H groups in total. The molecule has 1 aromatic rings. The maximum absolute atomic E-state index is 12.2. The number of nitrogens with one attached hydrogen (secondary N) is 2. The molecule has 1 atom stereocenters. The van der Waals surface area contributed by atoms with E-state index in [1.54, 1.807) is 4.90 Å². The van der Waals surface area contributed by atoms with Crippen LogP contribution in [-0.2, 0) is 4.74 Å². The van der Waals surface area contributed by atoms with Gasteiger partial charge < -0.3 is 20.3 Å². The summed E-state index contributed by atoms with van der Waals surface area (Å²) in [5.41, 5.74) is 0.745. The molecule has 1 aliphatic rings. The van der Waals surface area contributed by atoms with Crippen molar-refractivity contribution in [2.75, 3.05) is 25.0 Å². The molecular formula is C18H27N3O3. The Kier molecular flexibility index (Phi) is 7.39. The number of carbonyl (C=O) groups is 2. The third kappa shape index (κ3) is 5.76. The van der Waals surface area contributed by atoms with E-state index in [0.717, 1.165) is 37.8 Å². The summed E-state index contributed by atoms with van der Waals surface area (Å²) in [6.45, 7) is 3.65. The molecule has 0 saturated carbocycles. The lowest BCUT2D eigenvalue weighted by Crippen LogP contribution is -2.50. The maximum atomic E-state index is 12.2. The minimum absolute atomic E-state index is 0.00519. The summed E-state index contributed by atoms with van der Waals surface area (Å²) in [7, 11) is 0. The number of urea groups is 1. The first kappa shape index (κ1) is 18.1. The van der Waals surface area contributed by atoms with E-state index in [1.165, 1.54) is 0 Å². The van der Waals surface area contributed by atoms with Crippen LogP contribution in [0, 0.1) is 0 Å². The Bertz CT molecular complexity index is 522. The number of ether oxygens (including phenoxy) is 1. The van der Waals surface area contributed by atoms with Crippen LogP contribution in [0.1, 0.15) is 39.0 Å². The molecule has 1 saturated heterocycles. The highest BCUT2D eigenvalue weighted by molar-refractivity contribution is 5.89. The number of para-hydroxylation sites is 1. The van der Waals surface area contributed by atoms with Crippen molar-refractivity contribution in [3.8, 4) is 0 Å². The fourth-order valence-corrected chi connectivity index (χ4v) is 2.75. The van der Waals surface area contributed by atoms with Crippen molar-refractivity contribution < 1.29 is 14.3 Å². The molecule has 1 heterocycles. The van der Waals surface area contributed by atoms with E-state index in [0.29, 0.717) is 19.7 Å². The summed E-state index contributed by atoms with van der Waals surface area (Å²) in [6, 6.07) is 9.03. The summed E-state index contributed by atoms with van der Waals surface area (Å²) in [6.07, 6.45) is 4.54. The molecule has 6 heteroatoms. The number of hydrogen-bond acceptors (Lipinski definition) is 3. The molecule has 3 amide bonds. The van der Waals surface area contributed by atoms with Crippen LogP contribution in [0.2, 0.25) is 0 Å². The predicted molar refractivity (Wildman–Crippen MR) is 94.1 cm³/mol. The smallest absolute Gasteiger partial charge is 0.410 e. The van der Waals surface area contributed by atoms with Gasteiger partial charge in [-0.25, -0.2) is 9.59 Å². The van der Waals surface area contributed by atoms with Crippen molar-refractivity contribution in [1.29, 1.82) is 0 Å². The van der Waals surface area contributed by atoms with Gasteiger partial charge in [0, 0.05) is 18.8 Å². The van der Waals surface area contributed by atoms with Crippen LogP contribution in [0.25, 0.3) is 0 Å². The van der Waals surface area contributed by atoms with E-state index in [-0.39, 0.29) is 18.2 Å². The fraction of sp³-hybridized carbons (Fsp3) is 0.556. The van der Waals surface area contributed by atoms with Gasteiger partial charge >= 0.3 is 12.1 Å². The lowest BCUT2D eigenvalue weighted by molar-refractivity contribution is 0.0726. The molecule has 1 aromatic carbocycles. The van der Waals surface area contributed by atoms with Gasteiger partial charge in [-0.1, -0.05) is 31.5 Å². The standard InChI is InChI=1S/C18H27N3O3/c1-2-3-13-24-18(23)21-12-8-7-11-16(21)14-19-17(22)20-15-9-5-4-6-10-15/h4-6,9-10,16H,2-3,7-8,11-14H2,1H3,(H2,19,20,22). The molecule has 0 radical (unpaired) electrons. The van der Waals surface area contributed by atoms with E-state index < -0.39 is 0 Å². The third-order valence-corrected chi connectivity index (χ3v) is 4.11. The van der Waals surface area contributed by atoms with Crippen LogP contribution in [0.5, 0.6) is 0 Å². The van der Waals surface area contributed by atoms with Gasteiger partial charge in [0.25, 0.3) is 0 Å². The van der Waals surface area contributed by atoms with Gasteiger partial charge in [-0.15, -0.1) is 0 Å². The largest absolute Gasteiger partial charge is 0.449 e. The second-order valence-electron chi connectivity index (χ2n) is 6.01. The van der Waals surface area contributed by atoms with E-state index in [4.69, 9.17) is 4.74 Å². The van der Waals surface area contributed by atoms with Crippen molar-refractivity contribution in [3.05, 3.63) is 30.3 Å². The zero-order chi connectivity index (χ0) is 17.2. The van der Waals surface area contributed by atoms with Gasteiger partial charge in [0.2, 0.25) is 0 Å². The zero-order valence-corrected chi connectivity index (χ0v) is 14.3. The minimum atomic E-state index is -0.265. The third-order valence-electron chi connectivity index (χ3n) is 4.11. The Labute approximate surface area is 143 Å². The molecular weight excluding hydrogens is 306 g/mol. The van der Waals surface area contributed by atoms with Crippen molar-refractivity contribution in [3.63, 3.8) is 0 Å². The highest BCUT2D eigenvalue weighted by Gasteiger charge is 2.28. The number of rotatable bonds is 6. The number of amides is 3. The zero-order valence-electron chi connectivity index (χ0n) is 14.3. The van der Waals surface area contributed by atoms with Gasteiger partial charge in [-0.3, -0.25) is 0 Å². The van der Waals surface area contributed by atoms with E-state index in [9.17, 15) is 9.59 Å². The maximum Gasteiger partial charge on any atom is 0.410 e. The number of anilines is 1. The van der Waals surface area contributed by atoms with Crippen LogP contribution in [-0.4, -0.2) is 42.8 Å². The number of piperidine rings is 1. The van der Waals surface area contributed by atoms with Crippen LogP contribution in [0.4, 0.5) is 15.3 Å². The quantitative estimate of drug-likeness (QED) is 0.781. The highest BCUT2D eigenvalue weighted by Crippen LogP contribution is 2.17. The lowest BCUT2D eigenvalue weighted by Gasteiger charge is -2.35. The average Bonchev–Trinajstić information content (AvgIpc) is 2.61. The number of unbranched alkanes of at least 4 members (excludes halogenated alkanes) is 1. The molecule has 0 spiro atoms. The van der Waals surface area contributed by atoms with Crippen molar-refractivity contribution in [1.82, 2.24) is 10.2 Å². The molecule has 132 valence electrons. The normalized spacial score (nSPS) is 17.2. The van der Waals surface area contributed by atoms with Crippen molar-refractivity contribution in [2.45, 2.75) is 45.1 Å². The van der Waals surface area contributed by atoms with Crippen LogP contribution >= 0.6 is 0 Å². The average molecular weight is 333 g/mol. The van der Waals surface area contributed by atoms with Gasteiger partial charge in [0.05, 0.1) is 12.6 Å². The van der Waals surface area contributed by atoms with Crippen LogP contribution < -0.4 is 10.6 Å². The summed E-state index contributed by atoms with van der Waals surface area (Å²) >= 11 is 0. The van der Waals surface area contributed by atoms with Crippen molar-refractivity contribution >= 4 is 17.8 Å². The van der Waals surface area contributed by atoms with Gasteiger partial charge in [-0.05, 0) is 37.8 Å². The molecule has 24 heavy (non-hydrogen) atoms. The van der Waals surface area contributed by atoms with Gasteiger partial charge in [0.1, 0.15) is 0 Å².